The largest absolute Gasteiger partial charge is 0.480 e. The number of nitrogens with two attached hydrogens (primary N) is 1. The first-order valence-electron chi connectivity index (χ1n) is 3.97. The monoisotopic (exact) mass is 260 g/mol. The summed E-state index contributed by atoms with van der Waals surface area (Å²) in [6, 6.07) is -1.80. The van der Waals surface area contributed by atoms with Gasteiger partial charge in [0.25, 0.3) is 10.0 Å². The van der Waals surface area contributed by atoms with Crippen LogP contribution in [0.3, 0.4) is 0 Å². The number of carboxylic acids is 1. The van der Waals surface area contributed by atoms with Crippen molar-refractivity contribution in [3.63, 3.8) is 0 Å². The van der Waals surface area contributed by atoms with E-state index >= 15 is 0 Å². The van der Waals surface area contributed by atoms with E-state index in [1.807, 2.05) is 0 Å². The lowest BCUT2D eigenvalue weighted by Gasteiger charge is -2.13. The molecule has 7 nitrogen and oxygen atoms in total. The third-order valence-electron chi connectivity index (χ3n) is 1.52. The SMILES string of the molecule is NC(=O)CC[C@H](NS(=O)(=O)C(F)F)C(=O)O. The highest BCUT2D eigenvalue weighted by atomic mass is 32.2. The minimum absolute atomic E-state index is 0.428. The van der Waals surface area contributed by atoms with Gasteiger partial charge in [-0.2, -0.15) is 13.5 Å². The molecule has 1 atom stereocenters. The molecule has 10 heteroatoms. The zero-order valence-corrected chi connectivity index (χ0v) is 8.71. The first-order chi connectivity index (χ1) is 7.16. The van der Waals surface area contributed by atoms with Gasteiger partial charge in [0.15, 0.2) is 0 Å². The van der Waals surface area contributed by atoms with Crippen LogP contribution in [-0.4, -0.2) is 37.2 Å². The van der Waals surface area contributed by atoms with E-state index < -0.39 is 46.5 Å². The molecule has 0 aliphatic heterocycles. The molecule has 0 aromatic heterocycles. The number of halogens is 2. The van der Waals surface area contributed by atoms with Gasteiger partial charge in [-0.25, -0.2) is 8.42 Å². The average molecular weight is 260 g/mol. The molecule has 0 saturated heterocycles. The zero-order valence-electron chi connectivity index (χ0n) is 7.89. The lowest BCUT2D eigenvalue weighted by molar-refractivity contribution is -0.139. The van der Waals surface area contributed by atoms with E-state index in [9.17, 15) is 26.8 Å². The Morgan fingerprint density at radius 2 is 1.88 bits per heavy atom. The van der Waals surface area contributed by atoms with Crippen molar-refractivity contribution >= 4 is 21.9 Å². The lowest BCUT2D eigenvalue weighted by Crippen LogP contribution is -2.43. The standard InChI is InChI=1S/C6H10F2N2O5S/c7-6(8)16(14,15)10-3(5(12)13)1-2-4(9)11/h3,6,10H,1-2H2,(H2,9,11)(H,12,13)/t3-/m0/s1. The molecule has 0 heterocycles. The number of hydrogen-bond donors (Lipinski definition) is 3. The highest BCUT2D eigenvalue weighted by Gasteiger charge is 2.30. The van der Waals surface area contributed by atoms with Crippen molar-refractivity contribution in [2.24, 2.45) is 5.73 Å². The molecule has 0 unspecified atom stereocenters. The van der Waals surface area contributed by atoms with Gasteiger partial charge in [0.2, 0.25) is 5.91 Å². The van der Waals surface area contributed by atoms with Gasteiger partial charge >= 0.3 is 11.7 Å². The molecule has 0 aromatic carbocycles. The fourth-order valence-corrected chi connectivity index (χ4v) is 1.49. The maximum absolute atomic E-state index is 11.9. The number of carbonyl (C=O) groups excluding carboxylic acids is 1. The molecular formula is C6H10F2N2O5S. The van der Waals surface area contributed by atoms with E-state index in [1.54, 1.807) is 0 Å². The Kier molecular flexibility index (Phi) is 5.24. The highest BCUT2D eigenvalue weighted by Crippen LogP contribution is 2.06. The first-order valence-corrected chi connectivity index (χ1v) is 5.52. The Morgan fingerprint density at radius 3 is 2.19 bits per heavy atom. The number of amides is 1. The summed E-state index contributed by atoms with van der Waals surface area (Å²) in [5, 5.41) is 8.51. The summed E-state index contributed by atoms with van der Waals surface area (Å²) >= 11 is 0. The molecule has 0 rings (SSSR count). The number of carbonyl (C=O) groups is 2. The van der Waals surface area contributed by atoms with Gasteiger partial charge in [-0.1, -0.05) is 0 Å². The van der Waals surface area contributed by atoms with E-state index in [2.05, 4.69) is 0 Å². The second-order valence-electron chi connectivity index (χ2n) is 2.82. The van der Waals surface area contributed by atoms with Gasteiger partial charge in [-0.3, -0.25) is 9.59 Å². The van der Waals surface area contributed by atoms with Gasteiger partial charge in [-0.05, 0) is 6.42 Å². The van der Waals surface area contributed by atoms with Crippen LogP contribution in [-0.2, 0) is 19.6 Å². The van der Waals surface area contributed by atoms with Crippen molar-refractivity contribution in [3.8, 4) is 0 Å². The number of hydrogen-bond acceptors (Lipinski definition) is 4. The van der Waals surface area contributed by atoms with Gasteiger partial charge in [0, 0.05) is 6.42 Å². The predicted molar refractivity (Wildman–Crippen MR) is 47.9 cm³/mol. The fraction of sp³-hybridized carbons (Fsp3) is 0.667. The van der Waals surface area contributed by atoms with Crippen LogP contribution in [0.15, 0.2) is 0 Å². The van der Waals surface area contributed by atoms with E-state index in [0.29, 0.717) is 0 Å². The highest BCUT2D eigenvalue weighted by molar-refractivity contribution is 7.89. The molecular weight excluding hydrogens is 250 g/mol. The van der Waals surface area contributed by atoms with E-state index in [-0.39, 0.29) is 0 Å². The Morgan fingerprint density at radius 1 is 1.38 bits per heavy atom. The summed E-state index contributed by atoms with van der Waals surface area (Å²) in [6.45, 7) is 0. The average Bonchev–Trinajstić information content (AvgIpc) is 2.11. The summed E-state index contributed by atoms with van der Waals surface area (Å²) in [5.41, 5.74) is 4.71. The minimum Gasteiger partial charge on any atom is -0.480 e. The summed E-state index contributed by atoms with van der Waals surface area (Å²) in [4.78, 5) is 20.8. The number of alkyl halides is 2. The topological polar surface area (TPSA) is 127 Å². The molecule has 0 radical (unpaired) electrons. The van der Waals surface area contributed by atoms with E-state index in [1.165, 1.54) is 4.72 Å². The second kappa shape index (κ2) is 5.70. The maximum Gasteiger partial charge on any atom is 0.350 e. The number of rotatable bonds is 7. The molecule has 1 amide bonds. The van der Waals surface area contributed by atoms with Crippen molar-refractivity contribution in [2.75, 3.05) is 0 Å². The number of aliphatic carboxylic acids is 1. The van der Waals surface area contributed by atoms with Gasteiger partial charge < -0.3 is 10.8 Å². The van der Waals surface area contributed by atoms with Crippen LogP contribution in [0.2, 0.25) is 0 Å². The zero-order chi connectivity index (χ0) is 12.9. The van der Waals surface area contributed by atoms with Crippen molar-refractivity contribution in [3.05, 3.63) is 0 Å². The molecule has 0 spiro atoms. The first kappa shape index (κ1) is 14.7. The van der Waals surface area contributed by atoms with E-state index in [0.717, 1.165) is 0 Å². The number of primary amides is 1. The van der Waals surface area contributed by atoms with Crippen LogP contribution in [0.4, 0.5) is 8.78 Å². The van der Waals surface area contributed by atoms with Crippen LogP contribution in [0.25, 0.3) is 0 Å². The molecule has 0 saturated carbocycles. The van der Waals surface area contributed by atoms with Crippen LogP contribution in [0.1, 0.15) is 12.8 Å². The predicted octanol–water partition coefficient (Wildman–Crippen LogP) is -1.15. The summed E-state index contributed by atoms with van der Waals surface area (Å²) in [5.74, 6) is -6.25. The van der Waals surface area contributed by atoms with Gasteiger partial charge in [0.1, 0.15) is 6.04 Å². The number of sulfonamides is 1. The molecule has 16 heavy (non-hydrogen) atoms. The number of nitrogens with one attached hydrogen (secondary N) is 1. The normalized spacial score (nSPS) is 13.7. The minimum atomic E-state index is -5.01. The van der Waals surface area contributed by atoms with E-state index in [4.69, 9.17) is 10.8 Å². The van der Waals surface area contributed by atoms with Gasteiger partial charge in [-0.15, -0.1) is 0 Å². The smallest absolute Gasteiger partial charge is 0.350 e. The molecule has 0 bridgehead atoms. The molecule has 0 aliphatic rings. The third-order valence-corrected chi connectivity index (χ3v) is 2.60. The fourth-order valence-electron chi connectivity index (χ4n) is 0.769. The van der Waals surface area contributed by atoms with Crippen molar-refractivity contribution < 1.29 is 31.9 Å². The summed E-state index contributed by atoms with van der Waals surface area (Å²) < 4.78 is 46.4. The van der Waals surface area contributed by atoms with Gasteiger partial charge in [0.05, 0.1) is 0 Å². The Balaban J connectivity index is 4.58. The Bertz CT molecular complexity index is 369. The van der Waals surface area contributed by atoms with Crippen LogP contribution < -0.4 is 10.5 Å². The Labute approximate surface area is 89.7 Å². The van der Waals surface area contributed by atoms with Crippen molar-refractivity contribution in [1.82, 2.24) is 4.72 Å². The van der Waals surface area contributed by atoms with Crippen molar-refractivity contribution in [1.29, 1.82) is 0 Å². The maximum atomic E-state index is 11.9. The van der Waals surface area contributed by atoms with Crippen LogP contribution in [0.5, 0.6) is 0 Å². The summed E-state index contributed by atoms with van der Waals surface area (Å²) in [7, 11) is -5.01. The third kappa shape index (κ3) is 4.98. The summed E-state index contributed by atoms with van der Waals surface area (Å²) in [6.07, 6.45) is -0.917. The van der Waals surface area contributed by atoms with Crippen LogP contribution >= 0.6 is 0 Å². The lowest BCUT2D eigenvalue weighted by atomic mass is 10.2. The molecule has 4 N–H and O–H groups in total. The molecule has 94 valence electrons. The molecule has 0 fully saturated rings. The van der Waals surface area contributed by atoms with Crippen molar-refractivity contribution in [2.45, 2.75) is 24.6 Å². The van der Waals surface area contributed by atoms with Crippen LogP contribution in [0, 0.1) is 0 Å². The molecule has 0 aromatic rings. The Hall–Kier alpha value is -1.29. The number of carboxylic acid groups (broad SMARTS) is 1. The quantitative estimate of drug-likeness (QED) is 0.532. The second-order valence-corrected chi connectivity index (χ2v) is 4.50. The molecule has 0 aliphatic carbocycles.